The molecule has 0 radical (unpaired) electrons. The third kappa shape index (κ3) is 4.42. The van der Waals surface area contributed by atoms with E-state index in [1.54, 1.807) is 11.3 Å². The predicted octanol–water partition coefficient (Wildman–Crippen LogP) is 3.54. The molecular weight excluding hydrogens is 354 g/mol. The molecule has 0 spiro atoms. The Kier molecular flexibility index (Phi) is 5.91. The first-order chi connectivity index (χ1) is 13.2. The minimum Gasteiger partial charge on any atom is -0.334 e. The van der Waals surface area contributed by atoms with Gasteiger partial charge in [-0.1, -0.05) is 30.3 Å². The zero-order chi connectivity index (χ0) is 18.6. The smallest absolute Gasteiger partial charge is 0.237 e. The van der Waals surface area contributed by atoms with Gasteiger partial charge in [0.1, 0.15) is 0 Å². The molecule has 1 amide bonds. The normalized spacial score (nSPS) is 21.7. The van der Waals surface area contributed by atoms with E-state index in [9.17, 15) is 4.79 Å². The number of carbonyl (C=O) groups is 1. The number of hydrogen-bond acceptors (Lipinski definition) is 4. The molecule has 1 aromatic heterocycles. The summed E-state index contributed by atoms with van der Waals surface area (Å²) < 4.78 is 0. The molecule has 27 heavy (non-hydrogen) atoms. The number of piperazine rings is 1. The standard InChI is InChI=1S/C22H29N3OS/c1-18-6-2-3-7-19(18)16-23-11-13-24(14-12-23)17-22(26)25-10-4-8-20(25)21-9-5-15-27-21/h2-3,5-7,9,15,20H,4,8,10-14,16-17H2,1H3. The highest BCUT2D eigenvalue weighted by atomic mass is 32.1. The van der Waals surface area contributed by atoms with Crippen LogP contribution in [0.3, 0.4) is 0 Å². The summed E-state index contributed by atoms with van der Waals surface area (Å²) in [7, 11) is 0. The average molecular weight is 384 g/mol. The first-order valence-electron chi connectivity index (χ1n) is 10.0. The zero-order valence-corrected chi connectivity index (χ0v) is 17.0. The highest BCUT2D eigenvalue weighted by Crippen LogP contribution is 2.34. The van der Waals surface area contributed by atoms with Crippen LogP contribution in [-0.4, -0.2) is 59.9 Å². The summed E-state index contributed by atoms with van der Waals surface area (Å²) in [6, 6.07) is 13.2. The molecule has 2 aromatic rings. The number of benzene rings is 1. The van der Waals surface area contributed by atoms with Crippen LogP contribution in [0, 0.1) is 6.92 Å². The third-order valence-electron chi connectivity index (χ3n) is 5.92. The maximum atomic E-state index is 12.9. The summed E-state index contributed by atoms with van der Waals surface area (Å²) >= 11 is 1.78. The van der Waals surface area contributed by atoms with Crippen molar-refractivity contribution < 1.29 is 4.79 Å². The van der Waals surface area contributed by atoms with Crippen molar-refractivity contribution in [3.63, 3.8) is 0 Å². The molecule has 0 N–H and O–H groups in total. The lowest BCUT2D eigenvalue weighted by atomic mass is 10.1. The van der Waals surface area contributed by atoms with Gasteiger partial charge in [0, 0.05) is 44.1 Å². The summed E-state index contributed by atoms with van der Waals surface area (Å²) in [6.07, 6.45) is 2.23. The van der Waals surface area contributed by atoms with Crippen molar-refractivity contribution in [3.8, 4) is 0 Å². The first kappa shape index (κ1) is 18.7. The van der Waals surface area contributed by atoms with Gasteiger partial charge in [0.2, 0.25) is 5.91 Å². The van der Waals surface area contributed by atoms with Gasteiger partial charge in [-0.15, -0.1) is 11.3 Å². The Bertz CT molecular complexity index is 753. The van der Waals surface area contributed by atoms with Crippen molar-refractivity contribution >= 4 is 17.2 Å². The molecule has 2 aliphatic rings. The van der Waals surface area contributed by atoms with Crippen LogP contribution in [0.15, 0.2) is 41.8 Å². The Morgan fingerprint density at radius 3 is 2.56 bits per heavy atom. The van der Waals surface area contributed by atoms with Crippen LogP contribution in [0.5, 0.6) is 0 Å². The van der Waals surface area contributed by atoms with Gasteiger partial charge in [0.15, 0.2) is 0 Å². The molecule has 144 valence electrons. The SMILES string of the molecule is Cc1ccccc1CN1CCN(CC(=O)N2CCCC2c2cccs2)CC1. The van der Waals surface area contributed by atoms with Crippen molar-refractivity contribution in [3.05, 3.63) is 57.8 Å². The fraction of sp³-hybridized carbons (Fsp3) is 0.500. The van der Waals surface area contributed by atoms with Crippen LogP contribution in [0.25, 0.3) is 0 Å². The number of aryl methyl sites for hydroxylation is 1. The maximum absolute atomic E-state index is 12.9. The van der Waals surface area contributed by atoms with E-state index in [2.05, 4.69) is 63.4 Å². The maximum Gasteiger partial charge on any atom is 0.237 e. The lowest BCUT2D eigenvalue weighted by Crippen LogP contribution is -2.49. The van der Waals surface area contributed by atoms with Crippen molar-refractivity contribution in [2.75, 3.05) is 39.3 Å². The number of nitrogens with zero attached hydrogens (tertiary/aromatic N) is 3. The summed E-state index contributed by atoms with van der Waals surface area (Å²) in [4.78, 5) is 21.2. The van der Waals surface area contributed by atoms with Crippen LogP contribution >= 0.6 is 11.3 Å². The van der Waals surface area contributed by atoms with Crippen LogP contribution < -0.4 is 0 Å². The molecule has 1 atom stereocenters. The van der Waals surface area contributed by atoms with Gasteiger partial charge in [0.05, 0.1) is 12.6 Å². The number of hydrogen-bond donors (Lipinski definition) is 0. The molecule has 0 saturated carbocycles. The molecule has 0 bridgehead atoms. The second-order valence-corrected chi connectivity index (χ2v) is 8.72. The molecule has 2 aliphatic heterocycles. The molecule has 0 aliphatic carbocycles. The van der Waals surface area contributed by atoms with Crippen molar-refractivity contribution in [1.82, 2.24) is 14.7 Å². The number of carbonyl (C=O) groups excluding carboxylic acids is 1. The first-order valence-corrected chi connectivity index (χ1v) is 10.9. The van der Waals surface area contributed by atoms with Gasteiger partial charge in [0.25, 0.3) is 0 Å². The van der Waals surface area contributed by atoms with E-state index >= 15 is 0 Å². The lowest BCUT2D eigenvalue weighted by Gasteiger charge is -2.35. The highest BCUT2D eigenvalue weighted by Gasteiger charge is 2.31. The van der Waals surface area contributed by atoms with E-state index in [1.165, 1.54) is 16.0 Å². The Labute approximate surface area is 166 Å². The van der Waals surface area contributed by atoms with Gasteiger partial charge >= 0.3 is 0 Å². The largest absolute Gasteiger partial charge is 0.334 e. The summed E-state index contributed by atoms with van der Waals surface area (Å²) in [5.41, 5.74) is 2.78. The number of likely N-dealkylation sites (tertiary alicyclic amines) is 1. The van der Waals surface area contributed by atoms with E-state index in [1.807, 2.05) is 0 Å². The number of thiophene rings is 1. The average Bonchev–Trinajstić information content (AvgIpc) is 3.36. The number of rotatable bonds is 5. The predicted molar refractivity (Wildman–Crippen MR) is 111 cm³/mol. The highest BCUT2D eigenvalue weighted by molar-refractivity contribution is 7.10. The second kappa shape index (κ2) is 8.55. The van der Waals surface area contributed by atoms with Gasteiger partial charge < -0.3 is 4.90 Å². The van der Waals surface area contributed by atoms with E-state index in [4.69, 9.17) is 0 Å². The summed E-state index contributed by atoms with van der Waals surface area (Å²) in [5, 5.41) is 2.12. The Balaban J connectivity index is 1.28. The molecule has 5 heteroatoms. The lowest BCUT2D eigenvalue weighted by molar-refractivity contribution is -0.133. The topological polar surface area (TPSA) is 26.8 Å². The summed E-state index contributed by atoms with van der Waals surface area (Å²) in [5.74, 6) is 0.304. The van der Waals surface area contributed by atoms with Crippen LogP contribution in [0.1, 0.15) is 34.9 Å². The molecule has 1 unspecified atom stereocenters. The van der Waals surface area contributed by atoms with Crippen molar-refractivity contribution in [1.29, 1.82) is 0 Å². The Hall–Kier alpha value is -1.69. The zero-order valence-electron chi connectivity index (χ0n) is 16.1. The molecule has 4 rings (SSSR count). The fourth-order valence-electron chi connectivity index (χ4n) is 4.26. The quantitative estimate of drug-likeness (QED) is 0.790. The van der Waals surface area contributed by atoms with E-state index in [0.717, 1.165) is 52.1 Å². The van der Waals surface area contributed by atoms with Crippen LogP contribution in [0.4, 0.5) is 0 Å². The molecule has 3 heterocycles. The molecule has 1 aromatic carbocycles. The minimum atomic E-state index is 0.304. The van der Waals surface area contributed by atoms with E-state index in [-0.39, 0.29) is 0 Å². The monoisotopic (exact) mass is 383 g/mol. The van der Waals surface area contributed by atoms with Crippen LogP contribution in [-0.2, 0) is 11.3 Å². The second-order valence-electron chi connectivity index (χ2n) is 7.74. The van der Waals surface area contributed by atoms with E-state index < -0.39 is 0 Å². The third-order valence-corrected chi connectivity index (χ3v) is 6.90. The fourth-order valence-corrected chi connectivity index (χ4v) is 5.13. The Morgan fingerprint density at radius 1 is 1.04 bits per heavy atom. The van der Waals surface area contributed by atoms with Gasteiger partial charge in [-0.3, -0.25) is 14.6 Å². The Morgan fingerprint density at radius 2 is 1.81 bits per heavy atom. The van der Waals surface area contributed by atoms with Crippen LogP contribution in [0.2, 0.25) is 0 Å². The van der Waals surface area contributed by atoms with Gasteiger partial charge in [-0.25, -0.2) is 0 Å². The molecular formula is C22H29N3OS. The summed E-state index contributed by atoms with van der Waals surface area (Å²) in [6.45, 7) is 8.72. The minimum absolute atomic E-state index is 0.304. The van der Waals surface area contributed by atoms with Crippen molar-refractivity contribution in [2.24, 2.45) is 0 Å². The number of amides is 1. The van der Waals surface area contributed by atoms with Gasteiger partial charge in [-0.2, -0.15) is 0 Å². The molecule has 4 nitrogen and oxygen atoms in total. The molecule has 2 fully saturated rings. The molecule has 2 saturated heterocycles. The van der Waals surface area contributed by atoms with Gasteiger partial charge in [-0.05, 0) is 42.3 Å². The van der Waals surface area contributed by atoms with E-state index in [0.29, 0.717) is 18.5 Å². The van der Waals surface area contributed by atoms with Crippen molar-refractivity contribution in [2.45, 2.75) is 32.4 Å².